The fraction of sp³-hybridized carbons (Fsp3) is 0.812. The predicted molar refractivity (Wildman–Crippen MR) is 74.9 cm³/mol. The summed E-state index contributed by atoms with van der Waals surface area (Å²) in [6.45, 7) is 6.70. The molecule has 0 N–H and O–H groups in total. The van der Waals surface area contributed by atoms with Crippen LogP contribution in [0.1, 0.15) is 59.3 Å². The van der Waals surface area contributed by atoms with Gasteiger partial charge in [0.05, 0.1) is 6.04 Å². The average molecular weight is 263 g/mol. The molecule has 106 valence electrons. The second-order valence-electron chi connectivity index (χ2n) is 7.21. The first-order chi connectivity index (χ1) is 8.96. The van der Waals surface area contributed by atoms with Crippen molar-refractivity contribution in [1.29, 1.82) is 0 Å². The van der Waals surface area contributed by atoms with Gasteiger partial charge in [0.25, 0.3) is 0 Å². The lowest BCUT2D eigenvalue weighted by Gasteiger charge is -2.30. The maximum Gasteiger partial charge on any atom is 0.410 e. The van der Waals surface area contributed by atoms with Crippen molar-refractivity contribution in [2.45, 2.75) is 70.9 Å². The number of amides is 1. The molecule has 0 radical (unpaired) electrons. The number of nitrogens with zero attached hydrogens (tertiary/aromatic N) is 1. The van der Waals surface area contributed by atoms with Crippen LogP contribution in [0.25, 0.3) is 0 Å². The molecule has 0 aromatic rings. The third-order valence-electron chi connectivity index (χ3n) is 4.65. The molecule has 3 heteroatoms. The van der Waals surface area contributed by atoms with Gasteiger partial charge in [-0.1, -0.05) is 5.57 Å². The van der Waals surface area contributed by atoms with Gasteiger partial charge in [-0.2, -0.15) is 0 Å². The van der Waals surface area contributed by atoms with E-state index in [1.54, 1.807) is 11.1 Å². The van der Waals surface area contributed by atoms with Crippen LogP contribution in [0.15, 0.2) is 11.1 Å². The number of hydrogen-bond donors (Lipinski definition) is 0. The molecule has 2 aliphatic carbocycles. The highest BCUT2D eigenvalue weighted by Gasteiger charge is 2.45. The van der Waals surface area contributed by atoms with Crippen LogP contribution in [0.4, 0.5) is 4.79 Å². The van der Waals surface area contributed by atoms with Crippen LogP contribution < -0.4 is 0 Å². The van der Waals surface area contributed by atoms with Crippen LogP contribution in [0.5, 0.6) is 0 Å². The van der Waals surface area contributed by atoms with Gasteiger partial charge in [-0.15, -0.1) is 0 Å². The van der Waals surface area contributed by atoms with E-state index in [9.17, 15) is 4.79 Å². The number of allylic oxidation sites excluding steroid dienone is 1. The Labute approximate surface area is 116 Å². The SMILES string of the molecule is CC(C)(C)OC(=O)N1CCC2CC3=C(CCCC3)C21. The molecule has 0 aromatic carbocycles. The van der Waals surface area contributed by atoms with Crippen molar-refractivity contribution in [3.8, 4) is 0 Å². The molecule has 0 bridgehead atoms. The molecule has 2 unspecified atom stereocenters. The highest BCUT2D eigenvalue weighted by Crippen LogP contribution is 2.47. The summed E-state index contributed by atoms with van der Waals surface area (Å²) < 4.78 is 5.57. The number of carbonyl (C=O) groups excluding carboxylic acids is 1. The van der Waals surface area contributed by atoms with E-state index < -0.39 is 5.60 Å². The summed E-state index contributed by atoms with van der Waals surface area (Å²) in [6.07, 6.45) is 7.38. The second kappa shape index (κ2) is 4.53. The van der Waals surface area contributed by atoms with E-state index in [0.29, 0.717) is 12.0 Å². The number of ether oxygens (including phenoxy) is 1. The Morgan fingerprint density at radius 3 is 2.74 bits per heavy atom. The van der Waals surface area contributed by atoms with Crippen molar-refractivity contribution in [3.05, 3.63) is 11.1 Å². The standard InChI is InChI=1S/C16H25NO2/c1-16(2,3)19-15(18)17-9-8-12-10-11-6-4-5-7-13(11)14(12)17/h12,14H,4-10H2,1-3H3. The molecule has 1 heterocycles. The van der Waals surface area contributed by atoms with Gasteiger partial charge in [-0.25, -0.2) is 4.79 Å². The quantitative estimate of drug-likeness (QED) is 0.621. The minimum Gasteiger partial charge on any atom is -0.444 e. The molecule has 1 aliphatic heterocycles. The van der Waals surface area contributed by atoms with Crippen molar-refractivity contribution in [2.24, 2.45) is 5.92 Å². The topological polar surface area (TPSA) is 29.5 Å². The molecule has 0 aromatic heterocycles. The summed E-state index contributed by atoms with van der Waals surface area (Å²) in [6, 6.07) is 0.366. The Morgan fingerprint density at radius 2 is 2.00 bits per heavy atom. The average Bonchev–Trinajstić information content (AvgIpc) is 2.84. The lowest BCUT2D eigenvalue weighted by Crippen LogP contribution is -2.41. The zero-order valence-corrected chi connectivity index (χ0v) is 12.4. The molecule has 3 aliphatic rings. The molecule has 1 saturated heterocycles. The van der Waals surface area contributed by atoms with E-state index in [2.05, 4.69) is 0 Å². The van der Waals surface area contributed by atoms with Crippen LogP contribution in [0.2, 0.25) is 0 Å². The lowest BCUT2D eigenvalue weighted by atomic mass is 9.92. The molecule has 1 fully saturated rings. The van der Waals surface area contributed by atoms with Crippen molar-refractivity contribution >= 4 is 6.09 Å². The highest BCUT2D eigenvalue weighted by molar-refractivity contribution is 5.70. The van der Waals surface area contributed by atoms with Crippen molar-refractivity contribution in [3.63, 3.8) is 0 Å². The van der Waals surface area contributed by atoms with Gasteiger partial charge in [-0.3, -0.25) is 0 Å². The number of carbonyl (C=O) groups is 1. The third kappa shape index (κ3) is 2.39. The molecule has 19 heavy (non-hydrogen) atoms. The van der Waals surface area contributed by atoms with Gasteiger partial charge in [0.1, 0.15) is 5.60 Å². The normalized spacial score (nSPS) is 30.4. The Morgan fingerprint density at radius 1 is 1.26 bits per heavy atom. The van der Waals surface area contributed by atoms with Gasteiger partial charge >= 0.3 is 6.09 Å². The van der Waals surface area contributed by atoms with Gasteiger partial charge < -0.3 is 9.64 Å². The first kappa shape index (κ1) is 13.0. The Bertz CT molecular complexity index is 419. The number of fused-ring (bicyclic) bond motifs is 2. The van der Waals surface area contributed by atoms with Crippen LogP contribution in [0, 0.1) is 5.92 Å². The minimum atomic E-state index is -0.391. The van der Waals surface area contributed by atoms with Crippen molar-refractivity contribution in [2.75, 3.05) is 6.54 Å². The largest absolute Gasteiger partial charge is 0.444 e. The first-order valence-corrected chi connectivity index (χ1v) is 7.66. The maximum absolute atomic E-state index is 12.4. The van der Waals surface area contributed by atoms with Crippen LogP contribution >= 0.6 is 0 Å². The molecular formula is C16H25NO2. The monoisotopic (exact) mass is 263 g/mol. The molecular weight excluding hydrogens is 238 g/mol. The van der Waals surface area contributed by atoms with Crippen LogP contribution in [0.3, 0.4) is 0 Å². The molecule has 0 saturated carbocycles. The van der Waals surface area contributed by atoms with E-state index in [4.69, 9.17) is 4.74 Å². The molecule has 3 rings (SSSR count). The van der Waals surface area contributed by atoms with Crippen LogP contribution in [-0.4, -0.2) is 29.2 Å². The minimum absolute atomic E-state index is 0.112. The van der Waals surface area contributed by atoms with Gasteiger partial charge in [0.15, 0.2) is 0 Å². The van der Waals surface area contributed by atoms with E-state index in [0.717, 1.165) is 13.0 Å². The molecule has 0 spiro atoms. The summed E-state index contributed by atoms with van der Waals surface area (Å²) in [5, 5.41) is 0. The van der Waals surface area contributed by atoms with E-state index in [1.165, 1.54) is 32.1 Å². The molecule has 1 amide bonds. The van der Waals surface area contributed by atoms with Crippen molar-refractivity contribution in [1.82, 2.24) is 4.90 Å². The number of likely N-dealkylation sites (tertiary alicyclic amines) is 1. The van der Waals surface area contributed by atoms with Crippen LogP contribution in [-0.2, 0) is 4.74 Å². The zero-order valence-electron chi connectivity index (χ0n) is 12.4. The summed E-state index contributed by atoms with van der Waals surface area (Å²) in [7, 11) is 0. The van der Waals surface area contributed by atoms with E-state index >= 15 is 0 Å². The fourth-order valence-corrected chi connectivity index (χ4v) is 3.97. The number of rotatable bonds is 0. The molecule has 3 nitrogen and oxygen atoms in total. The smallest absolute Gasteiger partial charge is 0.410 e. The van der Waals surface area contributed by atoms with E-state index in [-0.39, 0.29) is 6.09 Å². The Balaban J connectivity index is 1.77. The van der Waals surface area contributed by atoms with Gasteiger partial charge in [-0.05, 0) is 70.8 Å². The zero-order chi connectivity index (χ0) is 13.6. The first-order valence-electron chi connectivity index (χ1n) is 7.66. The number of hydrogen-bond acceptors (Lipinski definition) is 2. The molecule has 2 atom stereocenters. The predicted octanol–water partition coefficient (Wildman–Crippen LogP) is 3.89. The van der Waals surface area contributed by atoms with Crippen molar-refractivity contribution < 1.29 is 9.53 Å². The summed E-state index contributed by atoms with van der Waals surface area (Å²) in [5.74, 6) is 0.676. The van der Waals surface area contributed by atoms with Gasteiger partial charge in [0.2, 0.25) is 0 Å². The fourth-order valence-electron chi connectivity index (χ4n) is 3.97. The second-order valence-corrected chi connectivity index (χ2v) is 7.21. The summed E-state index contributed by atoms with van der Waals surface area (Å²) >= 11 is 0. The maximum atomic E-state index is 12.4. The third-order valence-corrected chi connectivity index (χ3v) is 4.65. The highest BCUT2D eigenvalue weighted by atomic mass is 16.6. The summed E-state index contributed by atoms with van der Waals surface area (Å²) in [4.78, 5) is 14.4. The lowest BCUT2D eigenvalue weighted by molar-refractivity contribution is 0.0238. The van der Waals surface area contributed by atoms with E-state index in [1.807, 2.05) is 25.7 Å². The summed E-state index contributed by atoms with van der Waals surface area (Å²) in [5.41, 5.74) is 2.85. The van der Waals surface area contributed by atoms with Gasteiger partial charge in [0, 0.05) is 6.54 Å². The Kier molecular flexibility index (Phi) is 3.11. The Hall–Kier alpha value is -0.990.